The molecule has 0 aliphatic carbocycles. The number of benzene rings is 2. The standard InChI is InChI=1S/C24H28N4O5S/c1-2-24(20-11-7-4-8-12-20)22(30)28(23(31)25-24)17-21(29)26-13-15-27(16-14-26)34(32,33)18-19-9-5-3-6-10-19/h3-12H,2,13-18H2,1H3,(H,25,31). The fourth-order valence-corrected chi connectivity index (χ4v) is 5.97. The van der Waals surface area contributed by atoms with Gasteiger partial charge in [0.25, 0.3) is 5.91 Å². The first-order valence-electron chi connectivity index (χ1n) is 11.3. The van der Waals surface area contributed by atoms with Crippen molar-refractivity contribution in [2.45, 2.75) is 24.6 Å². The Morgan fingerprint density at radius 1 is 0.941 bits per heavy atom. The number of nitrogens with zero attached hydrogens (tertiary/aromatic N) is 3. The topological polar surface area (TPSA) is 107 Å². The Morgan fingerprint density at radius 2 is 1.53 bits per heavy atom. The van der Waals surface area contributed by atoms with Crippen LogP contribution in [-0.2, 0) is 30.9 Å². The number of carbonyl (C=O) groups is 3. The van der Waals surface area contributed by atoms with E-state index in [0.717, 1.165) is 4.90 Å². The number of nitrogens with one attached hydrogen (secondary N) is 1. The van der Waals surface area contributed by atoms with E-state index in [0.29, 0.717) is 17.5 Å². The van der Waals surface area contributed by atoms with Crippen LogP contribution in [0.2, 0.25) is 0 Å². The van der Waals surface area contributed by atoms with Gasteiger partial charge >= 0.3 is 6.03 Å². The highest BCUT2D eigenvalue weighted by molar-refractivity contribution is 7.88. The second kappa shape index (κ2) is 9.55. The minimum Gasteiger partial charge on any atom is -0.338 e. The first kappa shape index (κ1) is 23.9. The third-order valence-corrected chi connectivity index (χ3v) is 8.29. The normalized spacial score (nSPS) is 21.6. The molecular weight excluding hydrogens is 456 g/mol. The highest BCUT2D eigenvalue weighted by Gasteiger charge is 2.51. The molecule has 2 saturated heterocycles. The van der Waals surface area contributed by atoms with Gasteiger partial charge in [0, 0.05) is 26.2 Å². The van der Waals surface area contributed by atoms with E-state index in [4.69, 9.17) is 0 Å². The summed E-state index contributed by atoms with van der Waals surface area (Å²) in [6.45, 7) is 2.18. The van der Waals surface area contributed by atoms with Crippen molar-refractivity contribution in [3.8, 4) is 0 Å². The maximum absolute atomic E-state index is 13.2. The summed E-state index contributed by atoms with van der Waals surface area (Å²) >= 11 is 0. The molecule has 0 saturated carbocycles. The van der Waals surface area contributed by atoms with Crippen molar-refractivity contribution < 1.29 is 22.8 Å². The maximum atomic E-state index is 13.2. The largest absolute Gasteiger partial charge is 0.338 e. The van der Waals surface area contributed by atoms with Crippen molar-refractivity contribution >= 4 is 27.9 Å². The molecule has 180 valence electrons. The van der Waals surface area contributed by atoms with Crippen LogP contribution in [0, 0.1) is 0 Å². The Hall–Kier alpha value is -3.24. The molecule has 1 unspecified atom stereocenters. The van der Waals surface area contributed by atoms with Gasteiger partial charge in [0.05, 0.1) is 5.75 Å². The molecule has 2 aliphatic rings. The van der Waals surface area contributed by atoms with E-state index in [2.05, 4.69) is 5.32 Å². The minimum absolute atomic E-state index is 0.0944. The zero-order valence-corrected chi connectivity index (χ0v) is 19.8. The van der Waals surface area contributed by atoms with Crippen LogP contribution < -0.4 is 5.32 Å². The molecular formula is C24H28N4O5S. The maximum Gasteiger partial charge on any atom is 0.325 e. The molecule has 2 aliphatic heterocycles. The van der Waals surface area contributed by atoms with Gasteiger partial charge in [-0.3, -0.25) is 14.5 Å². The molecule has 4 rings (SSSR count). The van der Waals surface area contributed by atoms with Gasteiger partial charge in [-0.15, -0.1) is 0 Å². The molecule has 0 bridgehead atoms. The number of hydrogen-bond donors (Lipinski definition) is 1. The summed E-state index contributed by atoms with van der Waals surface area (Å²) < 4.78 is 26.9. The van der Waals surface area contributed by atoms with E-state index in [1.165, 1.54) is 9.21 Å². The van der Waals surface area contributed by atoms with E-state index >= 15 is 0 Å². The lowest BCUT2D eigenvalue weighted by Gasteiger charge is -2.34. The van der Waals surface area contributed by atoms with Crippen molar-refractivity contribution in [2.24, 2.45) is 0 Å². The summed E-state index contributed by atoms with van der Waals surface area (Å²) in [6, 6.07) is 17.3. The van der Waals surface area contributed by atoms with Crippen LogP contribution in [0.3, 0.4) is 0 Å². The molecule has 2 heterocycles. The van der Waals surface area contributed by atoms with E-state index in [-0.39, 0.29) is 44.4 Å². The number of piperazine rings is 1. The highest BCUT2D eigenvalue weighted by Crippen LogP contribution is 2.32. The van der Waals surface area contributed by atoms with E-state index in [1.807, 2.05) is 19.1 Å². The third-order valence-electron chi connectivity index (χ3n) is 6.44. The third kappa shape index (κ3) is 4.55. The molecule has 9 nitrogen and oxygen atoms in total. The van der Waals surface area contributed by atoms with Crippen LogP contribution in [-0.4, -0.2) is 73.1 Å². The predicted molar refractivity (Wildman–Crippen MR) is 126 cm³/mol. The first-order chi connectivity index (χ1) is 16.3. The molecule has 2 fully saturated rings. The average molecular weight is 485 g/mol. The van der Waals surface area contributed by atoms with Crippen LogP contribution in [0.4, 0.5) is 4.79 Å². The lowest BCUT2D eigenvalue weighted by atomic mass is 9.87. The lowest BCUT2D eigenvalue weighted by Crippen LogP contribution is -2.53. The molecule has 1 atom stereocenters. The zero-order valence-electron chi connectivity index (χ0n) is 19.0. The first-order valence-corrected chi connectivity index (χ1v) is 12.9. The van der Waals surface area contributed by atoms with E-state index < -0.39 is 27.5 Å². The minimum atomic E-state index is -3.51. The van der Waals surface area contributed by atoms with Crippen LogP contribution in [0.15, 0.2) is 60.7 Å². The van der Waals surface area contributed by atoms with Crippen molar-refractivity contribution in [1.29, 1.82) is 0 Å². The Morgan fingerprint density at radius 3 is 2.12 bits per heavy atom. The number of urea groups is 1. The number of sulfonamides is 1. The van der Waals surface area contributed by atoms with Gasteiger partial charge < -0.3 is 10.2 Å². The van der Waals surface area contributed by atoms with Crippen molar-refractivity contribution in [2.75, 3.05) is 32.7 Å². The number of rotatable bonds is 7. The highest BCUT2D eigenvalue weighted by atomic mass is 32.2. The summed E-state index contributed by atoms with van der Waals surface area (Å²) in [5.74, 6) is -0.935. The van der Waals surface area contributed by atoms with Crippen molar-refractivity contribution in [1.82, 2.24) is 19.4 Å². The monoisotopic (exact) mass is 484 g/mol. The van der Waals surface area contributed by atoms with Crippen LogP contribution >= 0.6 is 0 Å². The second-order valence-corrected chi connectivity index (χ2v) is 10.4. The van der Waals surface area contributed by atoms with Crippen molar-refractivity contribution in [3.05, 3.63) is 71.8 Å². The molecule has 2 aromatic carbocycles. The van der Waals surface area contributed by atoms with Gasteiger partial charge in [-0.1, -0.05) is 67.6 Å². The van der Waals surface area contributed by atoms with Crippen LogP contribution in [0.25, 0.3) is 0 Å². The molecule has 34 heavy (non-hydrogen) atoms. The van der Waals surface area contributed by atoms with E-state index in [9.17, 15) is 22.8 Å². The lowest BCUT2D eigenvalue weighted by molar-refractivity contribution is -0.139. The van der Waals surface area contributed by atoms with E-state index in [1.54, 1.807) is 48.5 Å². The van der Waals surface area contributed by atoms with Gasteiger partial charge in [0.2, 0.25) is 15.9 Å². The quantitative estimate of drug-likeness (QED) is 0.600. The number of hydrogen-bond acceptors (Lipinski definition) is 5. The second-order valence-electron chi connectivity index (χ2n) is 8.47. The molecule has 2 aromatic rings. The number of imide groups is 1. The van der Waals surface area contributed by atoms with Crippen LogP contribution in [0.1, 0.15) is 24.5 Å². The Kier molecular flexibility index (Phi) is 6.72. The summed E-state index contributed by atoms with van der Waals surface area (Å²) in [7, 11) is -3.51. The van der Waals surface area contributed by atoms with Gasteiger partial charge in [-0.2, -0.15) is 4.31 Å². The zero-order chi connectivity index (χ0) is 24.3. The summed E-state index contributed by atoms with van der Waals surface area (Å²) in [5, 5.41) is 2.77. The Labute approximate surface area is 199 Å². The molecule has 10 heteroatoms. The van der Waals surface area contributed by atoms with Gasteiger partial charge in [0.1, 0.15) is 12.1 Å². The molecule has 0 radical (unpaired) electrons. The number of amides is 4. The molecule has 1 N–H and O–H groups in total. The summed E-state index contributed by atoms with van der Waals surface area (Å²) in [6.07, 6.45) is 0.351. The van der Waals surface area contributed by atoms with Crippen LogP contribution in [0.5, 0.6) is 0 Å². The predicted octanol–water partition coefficient (Wildman–Crippen LogP) is 1.52. The Bertz CT molecular complexity index is 1160. The smallest absolute Gasteiger partial charge is 0.325 e. The summed E-state index contributed by atoms with van der Waals surface area (Å²) in [4.78, 5) is 41.2. The fraction of sp³-hybridized carbons (Fsp3) is 0.375. The average Bonchev–Trinajstić information content (AvgIpc) is 3.10. The Balaban J connectivity index is 1.38. The molecule has 0 spiro atoms. The SMILES string of the molecule is CCC1(c2ccccc2)NC(=O)N(CC(=O)N2CCN(S(=O)(=O)Cc3ccccc3)CC2)C1=O. The van der Waals surface area contributed by atoms with Crippen molar-refractivity contribution in [3.63, 3.8) is 0 Å². The fourth-order valence-electron chi connectivity index (χ4n) is 4.46. The molecule has 0 aromatic heterocycles. The molecule has 4 amide bonds. The number of carbonyl (C=O) groups excluding carboxylic acids is 3. The van der Waals surface area contributed by atoms with Gasteiger partial charge in [0.15, 0.2) is 0 Å². The summed E-state index contributed by atoms with van der Waals surface area (Å²) in [5.41, 5.74) is 0.184. The van der Waals surface area contributed by atoms with Gasteiger partial charge in [-0.25, -0.2) is 13.2 Å². The van der Waals surface area contributed by atoms with Gasteiger partial charge in [-0.05, 0) is 17.5 Å².